The molecule has 0 spiro atoms. The van der Waals surface area contributed by atoms with Crippen LogP contribution in [0.2, 0.25) is 0 Å². The van der Waals surface area contributed by atoms with Crippen molar-refractivity contribution in [2.45, 2.75) is 13.2 Å². The van der Waals surface area contributed by atoms with E-state index in [0.29, 0.717) is 24.7 Å². The molecule has 0 bridgehead atoms. The van der Waals surface area contributed by atoms with E-state index in [1.165, 1.54) is 12.1 Å². The lowest BCUT2D eigenvalue weighted by atomic mass is 10.2. The lowest BCUT2D eigenvalue weighted by Crippen LogP contribution is -2.05. The Hall–Kier alpha value is -1.91. The minimum atomic E-state index is -0.305. The number of methoxy groups -OCH3 is 1. The van der Waals surface area contributed by atoms with Gasteiger partial charge in [-0.05, 0) is 42.4 Å². The highest BCUT2D eigenvalue weighted by Crippen LogP contribution is 2.24. The predicted octanol–water partition coefficient (Wildman–Crippen LogP) is 3.48. The van der Waals surface area contributed by atoms with Crippen LogP contribution in [-0.2, 0) is 17.9 Å². The summed E-state index contributed by atoms with van der Waals surface area (Å²) >= 11 is 0. The third-order valence-electron chi connectivity index (χ3n) is 2.76. The highest BCUT2D eigenvalue weighted by atomic mass is 19.1. The van der Waals surface area contributed by atoms with Crippen LogP contribution < -0.4 is 10.1 Å². The van der Waals surface area contributed by atoms with Gasteiger partial charge in [0.25, 0.3) is 0 Å². The summed E-state index contributed by atoms with van der Waals surface area (Å²) in [5.74, 6) is 0.853. The molecule has 0 fully saturated rings. The number of halogens is 1. The summed E-state index contributed by atoms with van der Waals surface area (Å²) in [5.41, 5.74) is 1.85. The summed E-state index contributed by atoms with van der Waals surface area (Å²) in [6.45, 7) is 1.11. The van der Waals surface area contributed by atoms with Crippen molar-refractivity contribution in [3.8, 4) is 11.5 Å². The molecule has 106 valence electrons. The molecule has 20 heavy (non-hydrogen) atoms. The molecule has 0 amide bonds. The van der Waals surface area contributed by atoms with Crippen LogP contribution >= 0.6 is 0 Å². The van der Waals surface area contributed by atoms with Crippen molar-refractivity contribution in [2.24, 2.45) is 0 Å². The second kappa shape index (κ2) is 7.03. The monoisotopic (exact) mass is 275 g/mol. The third kappa shape index (κ3) is 4.05. The van der Waals surface area contributed by atoms with Crippen LogP contribution in [0.5, 0.6) is 11.5 Å². The van der Waals surface area contributed by atoms with E-state index in [9.17, 15) is 4.39 Å². The number of rotatable bonds is 6. The van der Waals surface area contributed by atoms with Gasteiger partial charge in [-0.15, -0.1) is 0 Å². The van der Waals surface area contributed by atoms with Gasteiger partial charge in [0.15, 0.2) is 0 Å². The van der Waals surface area contributed by atoms with Crippen molar-refractivity contribution >= 4 is 0 Å². The van der Waals surface area contributed by atoms with Gasteiger partial charge in [0.1, 0.15) is 17.3 Å². The summed E-state index contributed by atoms with van der Waals surface area (Å²) < 4.78 is 24.3. The normalized spacial score (nSPS) is 10.6. The number of hydrogen-bond donors (Lipinski definition) is 1. The fourth-order valence-electron chi connectivity index (χ4n) is 1.99. The average Bonchev–Trinajstić information content (AvgIpc) is 2.39. The summed E-state index contributed by atoms with van der Waals surface area (Å²) in [6.07, 6.45) is 0. The van der Waals surface area contributed by atoms with Gasteiger partial charge in [-0.2, -0.15) is 0 Å². The van der Waals surface area contributed by atoms with Crippen LogP contribution in [0.1, 0.15) is 11.1 Å². The molecule has 0 saturated carbocycles. The molecule has 1 N–H and O–H groups in total. The topological polar surface area (TPSA) is 30.5 Å². The Kier molecular flexibility index (Phi) is 5.09. The standard InChI is InChI=1S/C16H18FNO2/c1-18-10-13-6-14(17)9-16(8-13)20-15-5-3-4-12(7-15)11-19-2/h3-9,18H,10-11H2,1-2H3. The maximum absolute atomic E-state index is 13.5. The van der Waals surface area contributed by atoms with Crippen LogP contribution in [0.4, 0.5) is 4.39 Å². The fraction of sp³-hybridized carbons (Fsp3) is 0.250. The molecule has 0 saturated heterocycles. The van der Waals surface area contributed by atoms with Crippen LogP contribution in [0, 0.1) is 5.82 Å². The highest BCUT2D eigenvalue weighted by molar-refractivity contribution is 5.36. The number of benzene rings is 2. The van der Waals surface area contributed by atoms with Crippen molar-refractivity contribution in [2.75, 3.05) is 14.2 Å². The molecule has 0 atom stereocenters. The van der Waals surface area contributed by atoms with Gasteiger partial charge in [-0.1, -0.05) is 12.1 Å². The molecule has 0 aliphatic rings. The van der Waals surface area contributed by atoms with Crippen LogP contribution in [-0.4, -0.2) is 14.2 Å². The number of nitrogens with one attached hydrogen (secondary N) is 1. The summed E-state index contributed by atoms with van der Waals surface area (Å²) in [7, 11) is 3.46. The molecule has 2 aromatic carbocycles. The lowest BCUT2D eigenvalue weighted by Gasteiger charge is -2.09. The molecule has 2 aromatic rings. The molecule has 0 aromatic heterocycles. The van der Waals surface area contributed by atoms with Crippen molar-refractivity contribution in [1.82, 2.24) is 5.32 Å². The van der Waals surface area contributed by atoms with E-state index in [2.05, 4.69) is 5.32 Å². The molecular weight excluding hydrogens is 257 g/mol. The van der Waals surface area contributed by atoms with Gasteiger partial charge in [0.05, 0.1) is 6.61 Å². The SMILES string of the molecule is CNCc1cc(F)cc(Oc2cccc(COC)c2)c1. The molecule has 0 heterocycles. The lowest BCUT2D eigenvalue weighted by molar-refractivity contribution is 0.184. The van der Waals surface area contributed by atoms with Crippen molar-refractivity contribution in [3.63, 3.8) is 0 Å². The van der Waals surface area contributed by atoms with E-state index < -0.39 is 0 Å². The third-order valence-corrected chi connectivity index (χ3v) is 2.76. The van der Waals surface area contributed by atoms with Crippen molar-refractivity contribution in [3.05, 3.63) is 59.4 Å². The molecule has 0 aliphatic carbocycles. The van der Waals surface area contributed by atoms with E-state index in [0.717, 1.165) is 11.1 Å². The van der Waals surface area contributed by atoms with Gasteiger partial charge in [-0.25, -0.2) is 4.39 Å². The van der Waals surface area contributed by atoms with Crippen LogP contribution in [0.25, 0.3) is 0 Å². The first kappa shape index (κ1) is 14.5. The number of hydrogen-bond acceptors (Lipinski definition) is 3. The number of ether oxygens (including phenoxy) is 2. The van der Waals surface area contributed by atoms with Crippen molar-refractivity contribution in [1.29, 1.82) is 0 Å². The second-order valence-electron chi connectivity index (χ2n) is 4.51. The Balaban J connectivity index is 2.18. The van der Waals surface area contributed by atoms with E-state index in [-0.39, 0.29) is 5.82 Å². The van der Waals surface area contributed by atoms with Gasteiger partial charge in [0.2, 0.25) is 0 Å². The van der Waals surface area contributed by atoms with Crippen LogP contribution in [0.15, 0.2) is 42.5 Å². The minimum Gasteiger partial charge on any atom is -0.457 e. The Morgan fingerprint density at radius 2 is 1.85 bits per heavy atom. The largest absolute Gasteiger partial charge is 0.457 e. The summed E-state index contributed by atoms with van der Waals surface area (Å²) in [4.78, 5) is 0. The minimum absolute atomic E-state index is 0.305. The molecule has 4 heteroatoms. The molecule has 0 radical (unpaired) electrons. The average molecular weight is 275 g/mol. The second-order valence-corrected chi connectivity index (χ2v) is 4.51. The van der Waals surface area contributed by atoms with Gasteiger partial charge in [-0.3, -0.25) is 0 Å². The quantitative estimate of drug-likeness (QED) is 0.875. The van der Waals surface area contributed by atoms with E-state index in [4.69, 9.17) is 9.47 Å². The van der Waals surface area contributed by atoms with E-state index >= 15 is 0 Å². The molecule has 0 aliphatic heterocycles. The molecule has 3 nitrogen and oxygen atoms in total. The Bertz CT molecular complexity index is 572. The van der Waals surface area contributed by atoms with Crippen LogP contribution in [0.3, 0.4) is 0 Å². The van der Waals surface area contributed by atoms with Gasteiger partial charge in [0, 0.05) is 19.7 Å². The smallest absolute Gasteiger partial charge is 0.130 e. The van der Waals surface area contributed by atoms with E-state index in [1.54, 1.807) is 7.11 Å². The molecule has 2 rings (SSSR count). The van der Waals surface area contributed by atoms with Gasteiger partial charge < -0.3 is 14.8 Å². The Morgan fingerprint density at radius 3 is 2.60 bits per heavy atom. The summed E-state index contributed by atoms with van der Waals surface area (Å²) in [5, 5.41) is 2.99. The molecule has 0 unspecified atom stereocenters. The Morgan fingerprint density at radius 1 is 1.05 bits per heavy atom. The Labute approximate surface area is 118 Å². The highest BCUT2D eigenvalue weighted by Gasteiger charge is 2.04. The fourth-order valence-corrected chi connectivity index (χ4v) is 1.99. The zero-order chi connectivity index (χ0) is 14.4. The first-order valence-electron chi connectivity index (χ1n) is 6.41. The predicted molar refractivity (Wildman–Crippen MR) is 76.4 cm³/mol. The maximum atomic E-state index is 13.5. The first-order valence-corrected chi connectivity index (χ1v) is 6.41. The van der Waals surface area contributed by atoms with Gasteiger partial charge >= 0.3 is 0 Å². The van der Waals surface area contributed by atoms with E-state index in [1.807, 2.05) is 37.4 Å². The zero-order valence-electron chi connectivity index (χ0n) is 11.7. The summed E-state index contributed by atoms with van der Waals surface area (Å²) in [6, 6.07) is 12.2. The molecular formula is C16H18FNO2. The van der Waals surface area contributed by atoms with Crippen molar-refractivity contribution < 1.29 is 13.9 Å². The maximum Gasteiger partial charge on any atom is 0.130 e. The first-order chi connectivity index (χ1) is 9.71. The zero-order valence-corrected chi connectivity index (χ0v) is 11.7.